The summed E-state index contributed by atoms with van der Waals surface area (Å²) < 4.78 is 3.36. The van der Waals surface area contributed by atoms with Crippen LogP contribution in [0.3, 0.4) is 0 Å². The molecule has 2 aromatic carbocycles. The molecule has 2 spiro atoms. The number of rotatable bonds is 0. The Kier molecular flexibility index (Phi) is 3.70. The van der Waals surface area contributed by atoms with E-state index >= 15 is 0 Å². The molecule has 0 aromatic heterocycles. The largest absolute Gasteiger partial charge is 0.313 e. The lowest BCUT2D eigenvalue weighted by atomic mass is 9.63. The van der Waals surface area contributed by atoms with Gasteiger partial charge >= 0.3 is 0 Å². The first-order chi connectivity index (χ1) is 12.3. The van der Waals surface area contributed by atoms with Crippen molar-refractivity contribution in [1.29, 1.82) is 0 Å². The quantitative estimate of drug-likeness (QED) is 0.421. The van der Waals surface area contributed by atoms with Crippen LogP contribution in [-0.4, -0.2) is 5.84 Å². The van der Waals surface area contributed by atoms with Crippen LogP contribution < -0.4 is 3.53 Å². The van der Waals surface area contributed by atoms with Gasteiger partial charge in [-0.2, -0.15) is 0 Å². The van der Waals surface area contributed by atoms with Gasteiger partial charge in [-0.3, -0.25) is 4.99 Å². The van der Waals surface area contributed by atoms with Crippen LogP contribution in [0.5, 0.6) is 0 Å². The van der Waals surface area contributed by atoms with Crippen LogP contribution in [-0.2, 0) is 12.0 Å². The molecule has 1 unspecified atom stereocenters. The van der Waals surface area contributed by atoms with Crippen molar-refractivity contribution in [2.75, 3.05) is 0 Å². The Hall–Kier alpha value is -1.36. The Bertz CT molecular complexity index is 849. The summed E-state index contributed by atoms with van der Waals surface area (Å²) in [5.41, 5.74) is 5.71. The van der Waals surface area contributed by atoms with E-state index in [0.29, 0.717) is 0 Å². The molecule has 2 aromatic rings. The zero-order valence-electron chi connectivity index (χ0n) is 14.4. The highest BCUT2D eigenvalue weighted by Gasteiger charge is 2.60. The molecule has 1 heterocycles. The molecule has 5 rings (SSSR count). The highest BCUT2D eigenvalue weighted by Crippen LogP contribution is 2.64. The molecule has 1 aliphatic heterocycles. The van der Waals surface area contributed by atoms with E-state index < -0.39 is 0 Å². The fraction of sp³-hybridized carbons (Fsp3) is 0.409. The molecule has 2 aliphatic carbocycles. The smallest absolute Gasteiger partial charge is 0.138 e. The van der Waals surface area contributed by atoms with Gasteiger partial charge in [0.2, 0.25) is 0 Å². The summed E-state index contributed by atoms with van der Waals surface area (Å²) in [5, 5.41) is 0. The van der Waals surface area contributed by atoms with Gasteiger partial charge in [-0.1, -0.05) is 74.2 Å². The van der Waals surface area contributed by atoms with Crippen LogP contribution in [0.1, 0.15) is 60.8 Å². The molecule has 25 heavy (non-hydrogen) atoms. The van der Waals surface area contributed by atoms with Crippen LogP contribution in [0.2, 0.25) is 0 Å². The normalized spacial score (nSPS) is 26.2. The predicted molar refractivity (Wildman–Crippen MR) is 111 cm³/mol. The molecule has 3 heteroatoms. The number of nitrogens with one attached hydrogen (secondary N) is 1. The number of amidine groups is 1. The minimum absolute atomic E-state index is 0.196. The van der Waals surface area contributed by atoms with Gasteiger partial charge in [0.1, 0.15) is 11.4 Å². The van der Waals surface area contributed by atoms with E-state index in [2.05, 4.69) is 74.9 Å². The van der Waals surface area contributed by atoms with Gasteiger partial charge in [-0.05, 0) is 36.0 Å². The molecule has 1 N–H and O–H groups in total. The molecular weight excluding hydrogens is 419 g/mol. The summed E-state index contributed by atoms with van der Waals surface area (Å²) >= 11 is 2.24. The van der Waals surface area contributed by atoms with E-state index in [1.165, 1.54) is 67.2 Å². The van der Waals surface area contributed by atoms with Crippen molar-refractivity contribution in [3.8, 4) is 0 Å². The third-order valence-electron chi connectivity index (χ3n) is 6.71. The maximum absolute atomic E-state index is 5.46. The van der Waals surface area contributed by atoms with Gasteiger partial charge in [0.05, 0.1) is 22.9 Å². The average molecular weight is 442 g/mol. The summed E-state index contributed by atoms with van der Waals surface area (Å²) in [4.78, 5) is 5.46. The van der Waals surface area contributed by atoms with Crippen molar-refractivity contribution >= 4 is 28.7 Å². The monoisotopic (exact) mass is 442 g/mol. The van der Waals surface area contributed by atoms with Gasteiger partial charge in [-0.15, -0.1) is 0 Å². The standard InChI is InChI=1S/C22H23IN2/c23-25-20-17-10-4-6-12-19(17)22(24-20)18-11-5-3-9-16(18)15-21(22)13-7-1-2-8-14-21/h3-6,9-12H,1-2,7-8,13-15H2,(H,24,25). The number of hydrogen-bond acceptors (Lipinski definition) is 2. The summed E-state index contributed by atoms with van der Waals surface area (Å²) in [5.74, 6) is 1.05. The molecule has 1 atom stereocenters. The molecule has 1 fully saturated rings. The van der Waals surface area contributed by atoms with E-state index in [0.717, 1.165) is 5.84 Å². The second-order valence-corrected chi connectivity index (χ2v) is 8.38. The number of fused-ring (bicyclic) bond motifs is 5. The third-order valence-corrected chi connectivity index (χ3v) is 7.22. The van der Waals surface area contributed by atoms with Crippen LogP contribution in [0, 0.1) is 5.41 Å². The maximum atomic E-state index is 5.46. The van der Waals surface area contributed by atoms with Crippen LogP contribution >= 0.6 is 22.9 Å². The van der Waals surface area contributed by atoms with Gasteiger partial charge in [0, 0.05) is 11.0 Å². The second kappa shape index (κ2) is 5.83. The van der Waals surface area contributed by atoms with Crippen molar-refractivity contribution < 1.29 is 0 Å². The van der Waals surface area contributed by atoms with Crippen LogP contribution in [0.25, 0.3) is 0 Å². The number of nitrogens with zero attached hydrogens (tertiary/aromatic N) is 1. The minimum Gasteiger partial charge on any atom is -0.313 e. The molecule has 2 nitrogen and oxygen atoms in total. The lowest BCUT2D eigenvalue weighted by Crippen LogP contribution is -2.41. The van der Waals surface area contributed by atoms with Gasteiger partial charge in [0.15, 0.2) is 0 Å². The van der Waals surface area contributed by atoms with E-state index in [-0.39, 0.29) is 11.0 Å². The van der Waals surface area contributed by atoms with Gasteiger partial charge < -0.3 is 3.53 Å². The number of hydrogen-bond donors (Lipinski definition) is 1. The Labute approximate surface area is 163 Å². The lowest BCUT2D eigenvalue weighted by Gasteiger charge is -2.43. The summed E-state index contributed by atoms with van der Waals surface area (Å²) in [6.07, 6.45) is 9.16. The molecule has 3 aliphatic rings. The zero-order valence-corrected chi connectivity index (χ0v) is 16.6. The summed E-state index contributed by atoms with van der Waals surface area (Å²) in [6, 6.07) is 18.0. The topological polar surface area (TPSA) is 24.4 Å². The minimum atomic E-state index is -0.196. The number of benzene rings is 2. The highest BCUT2D eigenvalue weighted by atomic mass is 127. The highest BCUT2D eigenvalue weighted by molar-refractivity contribution is 14.1. The zero-order chi connectivity index (χ0) is 16.9. The molecule has 0 amide bonds. The molecule has 0 saturated heterocycles. The molecule has 1 saturated carbocycles. The van der Waals surface area contributed by atoms with Crippen molar-refractivity contribution in [2.24, 2.45) is 10.4 Å². The lowest BCUT2D eigenvalue weighted by molar-refractivity contribution is 0.152. The van der Waals surface area contributed by atoms with Crippen molar-refractivity contribution in [3.05, 3.63) is 70.8 Å². The fourth-order valence-corrected chi connectivity index (χ4v) is 6.14. The Balaban J connectivity index is 1.83. The summed E-state index contributed by atoms with van der Waals surface area (Å²) in [7, 11) is 0. The Morgan fingerprint density at radius 1 is 0.840 bits per heavy atom. The molecule has 0 radical (unpaired) electrons. The SMILES string of the molecule is INC1=NC2(c3ccccc3CC23CCCCCC3)c2ccccc21. The van der Waals surface area contributed by atoms with Gasteiger partial charge in [0.25, 0.3) is 0 Å². The van der Waals surface area contributed by atoms with Crippen LogP contribution in [0.15, 0.2) is 53.5 Å². The second-order valence-electron chi connectivity index (χ2n) is 7.84. The fourth-order valence-electron chi connectivity index (χ4n) is 5.72. The van der Waals surface area contributed by atoms with Crippen molar-refractivity contribution in [2.45, 2.75) is 50.5 Å². The molecule has 0 bridgehead atoms. The Morgan fingerprint density at radius 3 is 2.28 bits per heavy atom. The average Bonchev–Trinajstić information content (AvgIpc) is 3.01. The number of aliphatic imine (C=N–C) groups is 1. The first-order valence-corrected chi connectivity index (χ1v) is 10.5. The van der Waals surface area contributed by atoms with E-state index in [4.69, 9.17) is 4.99 Å². The predicted octanol–water partition coefficient (Wildman–Crippen LogP) is 5.53. The third kappa shape index (κ3) is 2.05. The maximum Gasteiger partial charge on any atom is 0.138 e. The first-order valence-electron chi connectivity index (χ1n) is 9.46. The van der Waals surface area contributed by atoms with E-state index in [1.807, 2.05) is 0 Å². The number of halogens is 1. The molecule has 128 valence electrons. The Morgan fingerprint density at radius 2 is 1.52 bits per heavy atom. The first kappa shape index (κ1) is 15.9. The van der Waals surface area contributed by atoms with E-state index in [9.17, 15) is 0 Å². The van der Waals surface area contributed by atoms with E-state index in [1.54, 1.807) is 0 Å². The van der Waals surface area contributed by atoms with Crippen molar-refractivity contribution in [3.63, 3.8) is 0 Å². The van der Waals surface area contributed by atoms with Crippen LogP contribution in [0.4, 0.5) is 0 Å². The van der Waals surface area contributed by atoms with Gasteiger partial charge in [-0.25, -0.2) is 0 Å². The van der Waals surface area contributed by atoms with Crippen molar-refractivity contribution in [1.82, 2.24) is 3.53 Å². The molecular formula is C22H23IN2. The summed E-state index contributed by atoms with van der Waals surface area (Å²) in [6.45, 7) is 0.